The summed E-state index contributed by atoms with van der Waals surface area (Å²) < 4.78 is 1.82. The molecule has 1 fully saturated rings. The van der Waals surface area contributed by atoms with E-state index in [-0.39, 0.29) is 5.91 Å². The van der Waals surface area contributed by atoms with Crippen LogP contribution in [0.2, 0.25) is 0 Å². The molecule has 0 unspecified atom stereocenters. The SMILES string of the molecule is CSc1cccc(C(=O)N2CC(Cn3ccnn3)C2)c1. The van der Waals surface area contributed by atoms with Crippen molar-refractivity contribution in [2.45, 2.75) is 11.4 Å². The van der Waals surface area contributed by atoms with Crippen molar-refractivity contribution in [3.63, 3.8) is 0 Å². The average Bonchev–Trinajstić information content (AvgIpc) is 2.95. The van der Waals surface area contributed by atoms with E-state index in [2.05, 4.69) is 10.3 Å². The van der Waals surface area contributed by atoms with Gasteiger partial charge in [0.05, 0.1) is 6.20 Å². The topological polar surface area (TPSA) is 51.0 Å². The van der Waals surface area contributed by atoms with Gasteiger partial charge in [-0.15, -0.1) is 16.9 Å². The molecular weight excluding hydrogens is 272 g/mol. The molecule has 2 heterocycles. The summed E-state index contributed by atoms with van der Waals surface area (Å²) in [6.07, 6.45) is 5.54. The van der Waals surface area contributed by atoms with Gasteiger partial charge in [-0.2, -0.15) is 0 Å². The van der Waals surface area contributed by atoms with E-state index in [1.807, 2.05) is 46.3 Å². The van der Waals surface area contributed by atoms with Gasteiger partial charge in [-0.25, -0.2) is 0 Å². The molecule has 0 saturated carbocycles. The van der Waals surface area contributed by atoms with Crippen LogP contribution in [-0.4, -0.2) is 45.1 Å². The van der Waals surface area contributed by atoms with Crippen LogP contribution in [0.3, 0.4) is 0 Å². The first-order valence-corrected chi connectivity index (χ1v) is 7.76. The third kappa shape index (κ3) is 2.70. The molecule has 1 aliphatic rings. The summed E-state index contributed by atoms with van der Waals surface area (Å²) in [5.74, 6) is 0.597. The molecule has 0 aliphatic carbocycles. The number of aromatic nitrogens is 3. The molecule has 1 amide bonds. The molecule has 0 spiro atoms. The molecule has 0 atom stereocenters. The summed E-state index contributed by atoms with van der Waals surface area (Å²) >= 11 is 1.65. The van der Waals surface area contributed by atoms with E-state index in [1.165, 1.54) is 0 Å². The van der Waals surface area contributed by atoms with Crippen LogP contribution in [0.4, 0.5) is 0 Å². The predicted octanol–water partition coefficient (Wildman–Crippen LogP) is 1.77. The highest BCUT2D eigenvalue weighted by Crippen LogP contribution is 2.22. The monoisotopic (exact) mass is 288 g/mol. The molecule has 0 radical (unpaired) electrons. The smallest absolute Gasteiger partial charge is 0.253 e. The first-order valence-electron chi connectivity index (χ1n) is 6.53. The number of hydrogen-bond acceptors (Lipinski definition) is 4. The van der Waals surface area contributed by atoms with Crippen LogP contribution < -0.4 is 0 Å². The van der Waals surface area contributed by atoms with Gasteiger partial charge in [0.2, 0.25) is 0 Å². The van der Waals surface area contributed by atoms with E-state index >= 15 is 0 Å². The summed E-state index contributed by atoms with van der Waals surface area (Å²) in [4.78, 5) is 15.3. The van der Waals surface area contributed by atoms with Crippen LogP contribution in [0, 0.1) is 5.92 Å². The van der Waals surface area contributed by atoms with Crippen molar-refractivity contribution in [3.05, 3.63) is 42.2 Å². The van der Waals surface area contributed by atoms with Gasteiger partial charge >= 0.3 is 0 Å². The minimum atomic E-state index is 0.121. The lowest BCUT2D eigenvalue weighted by Crippen LogP contribution is -2.51. The number of carbonyl (C=O) groups excluding carboxylic acids is 1. The van der Waals surface area contributed by atoms with E-state index in [4.69, 9.17) is 0 Å². The van der Waals surface area contributed by atoms with Crippen molar-refractivity contribution < 1.29 is 4.79 Å². The third-order valence-electron chi connectivity index (χ3n) is 3.48. The maximum Gasteiger partial charge on any atom is 0.253 e. The Bertz CT molecular complexity index is 593. The number of likely N-dealkylation sites (tertiary alicyclic amines) is 1. The molecule has 2 aromatic rings. The first-order chi connectivity index (χ1) is 9.76. The number of carbonyl (C=O) groups is 1. The fraction of sp³-hybridized carbons (Fsp3) is 0.357. The molecule has 1 aliphatic heterocycles. The quantitative estimate of drug-likeness (QED) is 0.805. The van der Waals surface area contributed by atoms with Crippen LogP contribution in [-0.2, 0) is 6.54 Å². The normalized spacial score (nSPS) is 15.2. The van der Waals surface area contributed by atoms with Gasteiger partial charge in [0.25, 0.3) is 5.91 Å². The predicted molar refractivity (Wildman–Crippen MR) is 77.6 cm³/mol. The standard InChI is InChI=1S/C14H16N4OS/c1-20-13-4-2-3-12(7-13)14(19)17-8-11(9-17)10-18-6-5-15-16-18/h2-7,11H,8-10H2,1H3. The van der Waals surface area contributed by atoms with Crippen LogP contribution in [0.1, 0.15) is 10.4 Å². The van der Waals surface area contributed by atoms with Gasteiger partial charge in [0.1, 0.15) is 0 Å². The van der Waals surface area contributed by atoms with Crippen molar-refractivity contribution in [1.82, 2.24) is 19.9 Å². The van der Waals surface area contributed by atoms with Gasteiger partial charge in [0.15, 0.2) is 0 Å². The second kappa shape index (κ2) is 5.66. The van der Waals surface area contributed by atoms with Crippen LogP contribution >= 0.6 is 11.8 Å². The fourth-order valence-electron chi connectivity index (χ4n) is 2.38. The van der Waals surface area contributed by atoms with E-state index in [0.717, 1.165) is 30.1 Å². The zero-order valence-corrected chi connectivity index (χ0v) is 12.1. The molecule has 0 N–H and O–H groups in total. The third-order valence-corrected chi connectivity index (χ3v) is 4.20. The maximum absolute atomic E-state index is 12.3. The molecule has 1 saturated heterocycles. The van der Waals surface area contributed by atoms with Crippen molar-refractivity contribution in [2.24, 2.45) is 5.92 Å². The summed E-state index contributed by atoms with van der Waals surface area (Å²) in [7, 11) is 0. The van der Waals surface area contributed by atoms with Gasteiger partial charge in [-0.05, 0) is 24.5 Å². The lowest BCUT2D eigenvalue weighted by atomic mass is 9.99. The van der Waals surface area contributed by atoms with Crippen LogP contribution in [0.5, 0.6) is 0 Å². The Morgan fingerprint density at radius 1 is 1.45 bits per heavy atom. The number of nitrogens with zero attached hydrogens (tertiary/aromatic N) is 4. The molecule has 6 heteroatoms. The minimum absolute atomic E-state index is 0.121. The Hall–Kier alpha value is -1.82. The highest BCUT2D eigenvalue weighted by atomic mass is 32.2. The summed E-state index contributed by atoms with van der Waals surface area (Å²) in [6, 6.07) is 7.79. The van der Waals surface area contributed by atoms with E-state index in [0.29, 0.717) is 5.92 Å². The van der Waals surface area contributed by atoms with E-state index in [1.54, 1.807) is 18.0 Å². The number of rotatable bonds is 4. The molecule has 20 heavy (non-hydrogen) atoms. The number of benzene rings is 1. The maximum atomic E-state index is 12.3. The first kappa shape index (κ1) is 13.2. The highest BCUT2D eigenvalue weighted by molar-refractivity contribution is 7.98. The molecular formula is C14H16N4OS. The molecule has 3 rings (SSSR count). The van der Waals surface area contributed by atoms with Gasteiger partial charge in [-0.3, -0.25) is 9.48 Å². The van der Waals surface area contributed by atoms with Crippen molar-refractivity contribution in [3.8, 4) is 0 Å². The summed E-state index contributed by atoms with van der Waals surface area (Å²) in [5, 5.41) is 7.73. The van der Waals surface area contributed by atoms with Gasteiger partial charge in [-0.1, -0.05) is 11.3 Å². The Balaban J connectivity index is 1.57. The van der Waals surface area contributed by atoms with Crippen molar-refractivity contribution in [1.29, 1.82) is 0 Å². The molecule has 104 valence electrons. The molecule has 5 nitrogen and oxygen atoms in total. The minimum Gasteiger partial charge on any atom is -0.338 e. The van der Waals surface area contributed by atoms with Gasteiger partial charge in [0, 0.05) is 42.2 Å². The Morgan fingerprint density at radius 3 is 3.00 bits per heavy atom. The Morgan fingerprint density at radius 2 is 2.30 bits per heavy atom. The van der Waals surface area contributed by atoms with Crippen LogP contribution in [0.25, 0.3) is 0 Å². The zero-order valence-electron chi connectivity index (χ0n) is 11.3. The lowest BCUT2D eigenvalue weighted by Gasteiger charge is -2.39. The van der Waals surface area contributed by atoms with E-state index < -0.39 is 0 Å². The molecule has 1 aromatic heterocycles. The largest absolute Gasteiger partial charge is 0.338 e. The highest BCUT2D eigenvalue weighted by Gasteiger charge is 2.31. The number of thioether (sulfide) groups is 1. The average molecular weight is 288 g/mol. The Labute approximate surface area is 122 Å². The molecule has 1 aromatic carbocycles. The van der Waals surface area contributed by atoms with Crippen molar-refractivity contribution in [2.75, 3.05) is 19.3 Å². The Kier molecular flexibility index (Phi) is 3.73. The lowest BCUT2D eigenvalue weighted by molar-refractivity contribution is 0.0460. The second-order valence-corrected chi connectivity index (χ2v) is 5.81. The number of hydrogen-bond donors (Lipinski definition) is 0. The number of amides is 1. The summed E-state index contributed by atoms with van der Waals surface area (Å²) in [5.41, 5.74) is 0.774. The second-order valence-electron chi connectivity index (χ2n) is 4.93. The van der Waals surface area contributed by atoms with Crippen molar-refractivity contribution >= 4 is 17.7 Å². The molecule has 0 bridgehead atoms. The summed E-state index contributed by atoms with van der Waals surface area (Å²) in [6.45, 7) is 2.42. The van der Waals surface area contributed by atoms with Gasteiger partial charge < -0.3 is 4.90 Å². The fourth-order valence-corrected chi connectivity index (χ4v) is 2.84. The van der Waals surface area contributed by atoms with Crippen LogP contribution in [0.15, 0.2) is 41.6 Å². The zero-order chi connectivity index (χ0) is 13.9. The van der Waals surface area contributed by atoms with E-state index in [9.17, 15) is 4.79 Å².